The second-order valence-corrected chi connectivity index (χ2v) is 10.1. The van der Waals surface area contributed by atoms with E-state index in [4.69, 9.17) is 20.9 Å². The van der Waals surface area contributed by atoms with E-state index in [1.54, 1.807) is 18.5 Å². The number of hydrogen-bond acceptors (Lipinski definition) is 7. The zero-order valence-corrected chi connectivity index (χ0v) is 21.3. The number of oxazole rings is 1. The molecule has 1 unspecified atom stereocenters. The summed E-state index contributed by atoms with van der Waals surface area (Å²) in [7, 11) is 1.49. The van der Waals surface area contributed by atoms with Crippen LogP contribution in [0, 0.1) is 5.82 Å². The molecule has 0 fully saturated rings. The number of hydrogen-bond donors (Lipinski definition) is 3. The Hall–Kier alpha value is -4.06. The minimum atomic E-state index is -1.56. The Morgan fingerprint density at radius 1 is 1.29 bits per heavy atom. The number of aryl methyl sites for hydroxylation is 1. The fourth-order valence-electron chi connectivity index (χ4n) is 4.88. The molecule has 4 heterocycles. The number of imidazole rings is 1. The Bertz CT molecular complexity index is 1700. The number of rotatable bonds is 6. The van der Waals surface area contributed by atoms with Gasteiger partial charge < -0.3 is 19.6 Å². The van der Waals surface area contributed by atoms with Crippen LogP contribution in [0.4, 0.5) is 4.39 Å². The molecule has 1 aliphatic rings. The van der Waals surface area contributed by atoms with E-state index in [1.165, 1.54) is 29.8 Å². The average molecular weight is 554 g/mol. The van der Waals surface area contributed by atoms with Gasteiger partial charge in [0, 0.05) is 37.4 Å². The molecule has 1 aromatic carbocycles. The molecule has 0 saturated carbocycles. The third-order valence-corrected chi connectivity index (χ3v) is 7.81. The lowest BCUT2D eigenvalue weighted by molar-refractivity contribution is -0.893. The lowest BCUT2D eigenvalue weighted by Gasteiger charge is -2.18. The van der Waals surface area contributed by atoms with Crippen LogP contribution in [0.1, 0.15) is 33.2 Å². The summed E-state index contributed by atoms with van der Waals surface area (Å²) in [5.74, 6) is -1.42. The van der Waals surface area contributed by atoms with E-state index in [2.05, 4.69) is 15.0 Å². The fourth-order valence-corrected chi connectivity index (χ4v) is 5.83. The Kier molecular flexibility index (Phi) is 5.78. The molecule has 0 radical (unpaired) electrons. The van der Waals surface area contributed by atoms with Gasteiger partial charge in [-0.05, 0) is 37.1 Å². The number of aromatic carboxylic acids is 1. The summed E-state index contributed by atoms with van der Waals surface area (Å²) in [6.45, 7) is 0. The smallest absolute Gasteiger partial charge is 0.348 e. The summed E-state index contributed by atoms with van der Waals surface area (Å²) >= 11 is 7.12. The standard InChI is InChI=1S/C26H18ClFN4O5S/c1-36-32-10-14(17-7-15(27)2-3-16(17)20-9-29-12-37-20)6-13-4-5-26(35,23(13)32)25-30-8-19(31-25)18-11-38-22(21(18)28)24(33)34/h2-3,6-12,35H,4-5H2,1H3,(H-,30,31,33,34)/p+1. The molecule has 0 amide bonds. The minimum Gasteiger partial charge on any atom is -0.477 e. The summed E-state index contributed by atoms with van der Waals surface area (Å²) < 4.78 is 21.7. The zero-order valence-electron chi connectivity index (χ0n) is 19.7. The molecule has 0 saturated heterocycles. The summed E-state index contributed by atoms with van der Waals surface area (Å²) in [4.78, 5) is 27.9. The summed E-state index contributed by atoms with van der Waals surface area (Å²) in [5, 5.41) is 23.0. The van der Waals surface area contributed by atoms with Gasteiger partial charge in [-0.2, -0.15) is 0 Å². The van der Waals surface area contributed by atoms with E-state index in [9.17, 15) is 19.4 Å². The van der Waals surface area contributed by atoms with Crippen LogP contribution in [-0.4, -0.2) is 38.2 Å². The van der Waals surface area contributed by atoms with E-state index in [1.807, 2.05) is 18.2 Å². The van der Waals surface area contributed by atoms with Crippen LogP contribution in [-0.2, 0) is 12.0 Å². The highest BCUT2D eigenvalue weighted by Gasteiger charge is 2.50. The number of H-pyrrole nitrogens is 1. The minimum absolute atomic E-state index is 0.0730. The number of aromatic amines is 1. The molecular weight excluding hydrogens is 535 g/mol. The molecule has 12 heteroatoms. The molecule has 4 aromatic heterocycles. The first-order chi connectivity index (χ1) is 18.3. The van der Waals surface area contributed by atoms with Crippen LogP contribution < -0.4 is 9.57 Å². The molecule has 0 spiro atoms. The van der Waals surface area contributed by atoms with Gasteiger partial charge in [0.05, 0.1) is 23.7 Å². The highest BCUT2D eigenvalue weighted by Crippen LogP contribution is 2.42. The Labute approximate surface area is 223 Å². The zero-order chi connectivity index (χ0) is 26.6. The molecule has 3 N–H and O–H groups in total. The van der Waals surface area contributed by atoms with Crippen LogP contribution >= 0.6 is 22.9 Å². The molecule has 192 valence electrons. The maximum atomic E-state index is 14.7. The largest absolute Gasteiger partial charge is 0.477 e. The van der Waals surface area contributed by atoms with Gasteiger partial charge >= 0.3 is 5.97 Å². The van der Waals surface area contributed by atoms with Crippen molar-refractivity contribution in [3.05, 3.63) is 87.4 Å². The van der Waals surface area contributed by atoms with Crippen molar-refractivity contribution in [1.82, 2.24) is 15.0 Å². The number of aliphatic hydroxyl groups is 1. The van der Waals surface area contributed by atoms with Gasteiger partial charge in [-0.25, -0.2) is 19.2 Å². The molecule has 38 heavy (non-hydrogen) atoms. The molecule has 6 rings (SSSR count). The number of carbonyl (C=O) groups is 1. The normalized spacial score (nSPS) is 16.5. The molecule has 5 aromatic rings. The molecule has 1 aliphatic carbocycles. The number of nitrogens with one attached hydrogen (secondary N) is 1. The van der Waals surface area contributed by atoms with E-state index >= 15 is 0 Å². The first-order valence-electron chi connectivity index (χ1n) is 11.4. The number of pyridine rings is 1. The molecule has 9 nitrogen and oxygen atoms in total. The highest BCUT2D eigenvalue weighted by atomic mass is 35.5. The molecular formula is C26H19ClFN4O5S+. The molecule has 0 bridgehead atoms. The van der Waals surface area contributed by atoms with Crippen molar-refractivity contribution in [3.8, 4) is 33.7 Å². The van der Waals surface area contributed by atoms with Crippen molar-refractivity contribution in [2.24, 2.45) is 0 Å². The van der Waals surface area contributed by atoms with Gasteiger partial charge in [0.25, 0.3) is 5.69 Å². The number of nitrogens with zero attached hydrogens (tertiary/aromatic N) is 3. The fraction of sp³-hybridized carbons (Fsp3) is 0.154. The second-order valence-electron chi connectivity index (χ2n) is 8.77. The van der Waals surface area contributed by atoms with Crippen LogP contribution in [0.3, 0.4) is 0 Å². The van der Waals surface area contributed by atoms with Crippen molar-refractivity contribution in [2.45, 2.75) is 18.4 Å². The number of aromatic nitrogens is 4. The van der Waals surface area contributed by atoms with E-state index < -0.39 is 22.3 Å². The highest BCUT2D eigenvalue weighted by molar-refractivity contribution is 7.12. The van der Waals surface area contributed by atoms with Gasteiger partial charge in [0.1, 0.15) is 17.8 Å². The Morgan fingerprint density at radius 3 is 2.84 bits per heavy atom. The topological polar surface area (TPSA) is 125 Å². The predicted octanol–water partition coefficient (Wildman–Crippen LogP) is 4.48. The number of carboxylic acids is 1. The second kappa shape index (κ2) is 9.05. The van der Waals surface area contributed by atoms with Crippen LogP contribution in [0.5, 0.6) is 0 Å². The monoisotopic (exact) mass is 553 g/mol. The van der Waals surface area contributed by atoms with Crippen LogP contribution in [0.25, 0.3) is 33.7 Å². The predicted molar refractivity (Wildman–Crippen MR) is 135 cm³/mol. The first-order valence-corrected chi connectivity index (χ1v) is 12.7. The van der Waals surface area contributed by atoms with Crippen molar-refractivity contribution in [2.75, 3.05) is 7.11 Å². The number of fused-ring (bicyclic) bond motifs is 1. The maximum absolute atomic E-state index is 14.7. The number of thiophene rings is 1. The van der Waals surface area contributed by atoms with E-state index in [0.717, 1.165) is 33.6 Å². The van der Waals surface area contributed by atoms with Gasteiger partial charge in [-0.3, -0.25) is 4.84 Å². The van der Waals surface area contributed by atoms with E-state index in [-0.39, 0.29) is 17.1 Å². The molecule has 1 atom stereocenters. The average Bonchev–Trinajstić information content (AvgIpc) is 3.70. The lowest BCUT2D eigenvalue weighted by Crippen LogP contribution is -2.50. The molecule has 0 aliphatic heterocycles. The summed E-state index contributed by atoms with van der Waals surface area (Å²) in [5.41, 5.74) is 2.44. The number of carboxylic acid groups (broad SMARTS) is 1. The van der Waals surface area contributed by atoms with Crippen molar-refractivity contribution in [3.63, 3.8) is 0 Å². The SMILES string of the molecule is CO[n+]1cc(-c2cc(Cl)ccc2-c2cnco2)cc2c1C(O)(c1ncc(-c3csc(C(=O)O)c3F)[nH]1)CC2. The van der Waals surface area contributed by atoms with Gasteiger partial charge in [-0.15, -0.1) is 11.3 Å². The van der Waals surface area contributed by atoms with Gasteiger partial charge in [0.15, 0.2) is 18.0 Å². The van der Waals surface area contributed by atoms with Crippen molar-refractivity contribution >= 4 is 28.9 Å². The van der Waals surface area contributed by atoms with E-state index in [0.29, 0.717) is 29.3 Å². The first kappa shape index (κ1) is 24.3. The van der Waals surface area contributed by atoms with Crippen molar-refractivity contribution < 1.29 is 33.4 Å². The summed E-state index contributed by atoms with van der Waals surface area (Å²) in [6, 6.07) is 7.39. The Morgan fingerprint density at radius 2 is 2.13 bits per heavy atom. The third kappa shape index (κ3) is 3.78. The lowest BCUT2D eigenvalue weighted by atomic mass is 9.96. The summed E-state index contributed by atoms with van der Waals surface area (Å²) in [6.07, 6.45) is 6.89. The van der Waals surface area contributed by atoms with Gasteiger partial charge in [0.2, 0.25) is 11.8 Å². The van der Waals surface area contributed by atoms with Crippen LogP contribution in [0.15, 0.2) is 59.0 Å². The van der Waals surface area contributed by atoms with Crippen LogP contribution in [0.2, 0.25) is 5.02 Å². The van der Waals surface area contributed by atoms with Crippen molar-refractivity contribution in [1.29, 1.82) is 0 Å². The third-order valence-electron chi connectivity index (χ3n) is 6.63. The number of halogens is 2. The maximum Gasteiger partial charge on any atom is 0.348 e. The Balaban J connectivity index is 1.44. The number of benzene rings is 1. The van der Waals surface area contributed by atoms with Gasteiger partial charge in [-0.1, -0.05) is 11.6 Å². The quantitative estimate of drug-likeness (QED) is 0.265.